The van der Waals surface area contributed by atoms with Crippen molar-refractivity contribution in [1.29, 1.82) is 0 Å². The second-order valence-electron chi connectivity index (χ2n) is 4.71. The molecule has 0 aliphatic heterocycles. The molecule has 0 saturated carbocycles. The number of hydrogen-bond donors (Lipinski definition) is 2. The molecule has 0 spiro atoms. The van der Waals surface area contributed by atoms with Crippen LogP contribution in [0.4, 0.5) is 5.69 Å². The van der Waals surface area contributed by atoms with Gasteiger partial charge in [0.1, 0.15) is 5.76 Å². The summed E-state index contributed by atoms with van der Waals surface area (Å²) in [6, 6.07) is 9.02. The Bertz CT molecular complexity index is 794. The SMILES string of the molecule is O=C(/C=C/c1ccco1)NCC(=O)N/N=C/c1ccc([N+](=O)[O-])cc1. The van der Waals surface area contributed by atoms with E-state index >= 15 is 0 Å². The van der Waals surface area contributed by atoms with Gasteiger partial charge in [-0.1, -0.05) is 0 Å². The van der Waals surface area contributed by atoms with Crippen molar-refractivity contribution < 1.29 is 18.9 Å². The van der Waals surface area contributed by atoms with Gasteiger partial charge in [0.05, 0.1) is 23.9 Å². The monoisotopic (exact) mass is 342 g/mol. The Hall–Kier alpha value is -3.75. The minimum atomic E-state index is -0.516. The maximum atomic E-state index is 11.5. The fraction of sp³-hybridized carbons (Fsp3) is 0.0625. The number of benzene rings is 1. The van der Waals surface area contributed by atoms with E-state index in [1.807, 2.05) is 0 Å². The maximum Gasteiger partial charge on any atom is 0.269 e. The molecule has 1 aromatic carbocycles. The lowest BCUT2D eigenvalue weighted by molar-refractivity contribution is -0.384. The molecule has 0 saturated heterocycles. The molecule has 128 valence electrons. The summed E-state index contributed by atoms with van der Waals surface area (Å²) >= 11 is 0. The van der Waals surface area contributed by atoms with Crippen molar-refractivity contribution in [2.75, 3.05) is 6.54 Å². The van der Waals surface area contributed by atoms with Crippen molar-refractivity contribution in [2.45, 2.75) is 0 Å². The zero-order valence-electron chi connectivity index (χ0n) is 12.9. The number of rotatable bonds is 7. The van der Waals surface area contributed by atoms with Crippen molar-refractivity contribution in [2.24, 2.45) is 5.10 Å². The third kappa shape index (κ3) is 6.10. The zero-order valence-corrected chi connectivity index (χ0v) is 12.9. The van der Waals surface area contributed by atoms with Gasteiger partial charge in [-0.3, -0.25) is 19.7 Å². The highest BCUT2D eigenvalue weighted by Gasteiger charge is 2.03. The third-order valence-corrected chi connectivity index (χ3v) is 2.87. The lowest BCUT2D eigenvalue weighted by Gasteiger charge is -2.00. The van der Waals surface area contributed by atoms with E-state index < -0.39 is 16.7 Å². The number of nitro benzene ring substituents is 1. The van der Waals surface area contributed by atoms with Crippen LogP contribution in [0.1, 0.15) is 11.3 Å². The first-order valence-corrected chi connectivity index (χ1v) is 7.10. The zero-order chi connectivity index (χ0) is 18.1. The number of carbonyl (C=O) groups excluding carboxylic acids is 2. The van der Waals surface area contributed by atoms with Gasteiger partial charge in [0.2, 0.25) is 5.91 Å². The summed E-state index contributed by atoms with van der Waals surface area (Å²) in [6.07, 6.45) is 5.53. The molecular weight excluding hydrogens is 328 g/mol. The van der Waals surface area contributed by atoms with Crippen LogP contribution in [0, 0.1) is 10.1 Å². The van der Waals surface area contributed by atoms with E-state index in [0.717, 1.165) is 0 Å². The van der Waals surface area contributed by atoms with Gasteiger partial charge in [-0.15, -0.1) is 0 Å². The summed E-state index contributed by atoms with van der Waals surface area (Å²) in [5, 5.41) is 16.6. The fourth-order valence-electron chi connectivity index (χ4n) is 1.67. The summed E-state index contributed by atoms with van der Waals surface area (Å²) in [6.45, 7) is -0.251. The highest BCUT2D eigenvalue weighted by molar-refractivity contribution is 5.94. The molecule has 0 atom stereocenters. The molecule has 9 heteroatoms. The van der Waals surface area contributed by atoms with Crippen molar-refractivity contribution >= 4 is 29.8 Å². The number of nitrogens with zero attached hydrogens (tertiary/aromatic N) is 2. The molecular formula is C16H14N4O5. The molecule has 0 fully saturated rings. The van der Waals surface area contributed by atoms with E-state index in [4.69, 9.17) is 4.42 Å². The van der Waals surface area contributed by atoms with Crippen LogP contribution < -0.4 is 10.7 Å². The average molecular weight is 342 g/mol. The number of amides is 2. The third-order valence-electron chi connectivity index (χ3n) is 2.87. The first kappa shape index (κ1) is 17.6. The van der Waals surface area contributed by atoms with E-state index in [2.05, 4.69) is 15.8 Å². The summed E-state index contributed by atoms with van der Waals surface area (Å²) in [7, 11) is 0. The number of hydrogen-bond acceptors (Lipinski definition) is 6. The van der Waals surface area contributed by atoms with E-state index in [-0.39, 0.29) is 12.2 Å². The fourth-order valence-corrected chi connectivity index (χ4v) is 1.67. The van der Waals surface area contributed by atoms with E-state index in [9.17, 15) is 19.7 Å². The van der Waals surface area contributed by atoms with Gasteiger partial charge >= 0.3 is 0 Å². The highest BCUT2D eigenvalue weighted by atomic mass is 16.6. The number of non-ortho nitro benzene ring substituents is 1. The van der Waals surface area contributed by atoms with Crippen LogP contribution in [-0.2, 0) is 9.59 Å². The quantitative estimate of drug-likeness (QED) is 0.341. The standard InChI is InChI=1S/C16H14N4O5/c21-15(8-7-14-2-1-9-25-14)17-11-16(22)19-18-10-12-3-5-13(6-4-12)20(23)24/h1-10H,11H2,(H,17,21)(H,19,22)/b8-7+,18-10+. The molecule has 0 bridgehead atoms. The number of hydrazone groups is 1. The normalized spacial score (nSPS) is 10.9. The van der Waals surface area contributed by atoms with Crippen molar-refractivity contribution in [3.8, 4) is 0 Å². The molecule has 2 amide bonds. The van der Waals surface area contributed by atoms with Crippen molar-refractivity contribution in [3.05, 3.63) is 70.2 Å². The van der Waals surface area contributed by atoms with Gasteiger partial charge in [-0.25, -0.2) is 5.43 Å². The van der Waals surface area contributed by atoms with Gasteiger partial charge < -0.3 is 9.73 Å². The second kappa shape index (κ2) is 8.77. The van der Waals surface area contributed by atoms with E-state index in [1.54, 1.807) is 12.1 Å². The Morgan fingerprint density at radius 3 is 2.64 bits per heavy atom. The van der Waals surface area contributed by atoms with Crippen LogP contribution in [0.3, 0.4) is 0 Å². The summed E-state index contributed by atoms with van der Waals surface area (Å²) < 4.78 is 5.02. The molecule has 2 N–H and O–H groups in total. The Morgan fingerprint density at radius 2 is 2.00 bits per heavy atom. The Morgan fingerprint density at radius 1 is 1.24 bits per heavy atom. The molecule has 25 heavy (non-hydrogen) atoms. The van der Waals surface area contributed by atoms with Gasteiger partial charge in [0, 0.05) is 18.2 Å². The Labute approximate surface area is 142 Å². The van der Waals surface area contributed by atoms with Crippen molar-refractivity contribution in [1.82, 2.24) is 10.7 Å². The number of furan rings is 1. The second-order valence-corrected chi connectivity index (χ2v) is 4.71. The van der Waals surface area contributed by atoms with Gasteiger partial charge in [-0.05, 0) is 35.9 Å². The highest BCUT2D eigenvalue weighted by Crippen LogP contribution is 2.10. The van der Waals surface area contributed by atoms with E-state index in [0.29, 0.717) is 11.3 Å². The summed E-state index contributed by atoms with van der Waals surface area (Å²) in [4.78, 5) is 33.1. The first-order valence-electron chi connectivity index (χ1n) is 7.10. The molecule has 0 aliphatic rings. The van der Waals surface area contributed by atoms with Gasteiger partial charge in [0.25, 0.3) is 11.6 Å². The molecule has 2 aromatic rings. The lowest BCUT2D eigenvalue weighted by atomic mass is 10.2. The molecule has 0 unspecified atom stereocenters. The lowest BCUT2D eigenvalue weighted by Crippen LogP contribution is -2.34. The number of carbonyl (C=O) groups is 2. The molecule has 1 heterocycles. The van der Waals surface area contributed by atoms with Gasteiger partial charge in [0.15, 0.2) is 0 Å². The number of nitro groups is 1. The summed E-state index contributed by atoms with van der Waals surface area (Å²) in [5.74, 6) is -0.448. The Balaban J connectivity index is 1.72. The molecule has 0 aliphatic carbocycles. The molecule has 9 nitrogen and oxygen atoms in total. The van der Waals surface area contributed by atoms with Crippen LogP contribution in [0.15, 0.2) is 58.3 Å². The van der Waals surface area contributed by atoms with Gasteiger partial charge in [-0.2, -0.15) is 5.10 Å². The predicted octanol–water partition coefficient (Wildman–Crippen LogP) is 1.47. The van der Waals surface area contributed by atoms with Crippen LogP contribution in [0.25, 0.3) is 6.08 Å². The smallest absolute Gasteiger partial charge is 0.269 e. The van der Waals surface area contributed by atoms with Crippen molar-refractivity contribution in [3.63, 3.8) is 0 Å². The van der Waals surface area contributed by atoms with Crippen LogP contribution in [-0.4, -0.2) is 29.5 Å². The number of nitrogens with one attached hydrogen (secondary N) is 2. The summed E-state index contributed by atoms with van der Waals surface area (Å²) in [5.41, 5.74) is 2.78. The average Bonchev–Trinajstić information content (AvgIpc) is 3.12. The maximum absolute atomic E-state index is 11.5. The largest absolute Gasteiger partial charge is 0.465 e. The minimum Gasteiger partial charge on any atom is -0.465 e. The van der Waals surface area contributed by atoms with Crippen LogP contribution in [0.2, 0.25) is 0 Å². The Kier molecular flexibility index (Phi) is 6.18. The molecule has 2 rings (SSSR count). The van der Waals surface area contributed by atoms with Crippen LogP contribution in [0.5, 0.6) is 0 Å². The van der Waals surface area contributed by atoms with Crippen LogP contribution >= 0.6 is 0 Å². The molecule has 0 radical (unpaired) electrons. The topological polar surface area (TPSA) is 127 Å². The van der Waals surface area contributed by atoms with E-state index in [1.165, 1.54) is 48.9 Å². The predicted molar refractivity (Wildman–Crippen MR) is 89.6 cm³/mol. The molecule has 1 aromatic heterocycles. The first-order chi connectivity index (χ1) is 12.0. The minimum absolute atomic E-state index is 0.0356.